The Morgan fingerprint density at radius 2 is 1.42 bits per heavy atom. The summed E-state index contributed by atoms with van der Waals surface area (Å²) in [6.45, 7) is 2.19. The van der Waals surface area contributed by atoms with Crippen LogP contribution in [0, 0.1) is 0 Å². The second-order valence-electron chi connectivity index (χ2n) is 7.87. The first-order valence-electron chi connectivity index (χ1n) is 9.23. The van der Waals surface area contributed by atoms with Crippen LogP contribution in [0.4, 0.5) is 17.6 Å². The van der Waals surface area contributed by atoms with Crippen molar-refractivity contribution in [3.63, 3.8) is 0 Å². The zero-order valence-corrected chi connectivity index (χ0v) is 17.9. The molecule has 2 atom stereocenters. The maximum atomic E-state index is 13.9. The number of sulfone groups is 1. The van der Waals surface area contributed by atoms with Crippen LogP contribution in [-0.2, 0) is 14.6 Å². The predicted molar refractivity (Wildman–Crippen MR) is 108 cm³/mol. The summed E-state index contributed by atoms with van der Waals surface area (Å²) in [5.74, 6) is -1.58. The molecule has 0 saturated carbocycles. The van der Waals surface area contributed by atoms with Gasteiger partial charge in [0.05, 0.1) is 4.90 Å². The van der Waals surface area contributed by atoms with Gasteiger partial charge in [0.25, 0.3) is 0 Å². The van der Waals surface area contributed by atoms with Gasteiger partial charge in [0.2, 0.25) is 0 Å². The number of aliphatic carboxylic acids is 1. The van der Waals surface area contributed by atoms with Crippen molar-refractivity contribution in [1.29, 1.82) is 0 Å². The van der Waals surface area contributed by atoms with Crippen LogP contribution in [-0.4, -0.2) is 43.6 Å². The Hall–Kier alpha value is -2.46. The molecule has 2 aromatic rings. The molecule has 0 aliphatic carbocycles. The van der Waals surface area contributed by atoms with Crippen LogP contribution >= 0.6 is 0 Å². The number of hydrogen-bond donors (Lipinski definition) is 2. The highest BCUT2D eigenvalue weighted by Crippen LogP contribution is 2.35. The Bertz CT molecular complexity index is 1010. The molecule has 1 unspecified atom stereocenters. The molecule has 0 heterocycles. The predicted octanol–water partition coefficient (Wildman–Crippen LogP) is 4.54. The minimum atomic E-state index is -4.81. The van der Waals surface area contributed by atoms with Gasteiger partial charge in [-0.15, -0.1) is 0 Å². The maximum Gasteiger partial charge on any atom is 0.407 e. The molecule has 31 heavy (non-hydrogen) atoms. The monoisotopic (exact) mass is 461 g/mol. The lowest BCUT2D eigenvalue weighted by atomic mass is 9.97. The molecule has 0 fully saturated rings. The molecule has 2 aromatic carbocycles. The molecule has 170 valence electrons. The van der Waals surface area contributed by atoms with Gasteiger partial charge in [0.1, 0.15) is 17.8 Å². The third kappa shape index (κ3) is 7.03. The second kappa shape index (κ2) is 8.96. The van der Waals surface area contributed by atoms with Crippen LogP contribution in [0.3, 0.4) is 0 Å². The number of carboxylic acids is 1. The van der Waals surface area contributed by atoms with Gasteiger partial charge < -0.3 is 5.11 Å². The van der Waals surface area contributed by atoms with E-state index >= 15 is 0 Å². The van der Waals surface area contributed by atoms with E-state index in [1.165, 1.54) is 48.5 Å². The number of hydrogen-bond acceptors (Lipinski definition) is 4. The average Bonchev–Trinajstić information content (AvgIpc) is 2.62. The van der Waals surface area contributed by atoms with Gasteiger partial charge in [-0.3, -0.25) is 10.1 Å². The first-order valence-corrected chi connectivity index (χ1v) is 11.1. The molecule has 0 bridgehead atoms. The van der Waals surface area contributed by atoms with Crippen LogP contribution in [0.25, 0.3) is 11.1 Å². The number of rotatable bonds is 8. The van der Waals surface area contributed by atoms with Crippen molar-refractivity contribution in [3.8, 4) is 11.1 Å². The van der Waals surface area contributed by atoms with E-state index in [1.807, 2.05) is 5.32 Å². The number of carboxylic acid groups (broad SMARTS) is 1. The fourth-order valence-electron chi connectivity index (χ4n) is 3.05. The quantitative estimate of drug-likeness (QED) is 0.564. The minimum Gasteiger partial charge on any atom is -0.480 e. The van der Waals surface area contributed by atoms with E-state index in [0.717, 1.165) is 20.1 Å². The lowest BCUT2D eigenvalue weighted by molar-refractivity contribution is -0.164. The summed E-state index contributed by atoms with van der Waals surface area (Å²) in [5, 5.41) is 11.2. The highest BCUT2D eigenvalue weighted by molar-refractivity contribution is 7.90. The van der Waals surface area contributed by atoms with Crippen molar-refractivity contribution in [1.82, 2.24) is 5.32 Å². The number of benzene rings is 2. The maximum absolute atomic E-state index is 13.9. The summed E-state index contributed by atoms with van der Waals surface area (Å²) >= 11 is 0. The molecule has 0 aliphatic rings. The standard InChI is InChI=1S/C21H23F4NO4S/c1-20(2,22)12-17(19(27)28)26-18(21(23,24)25)15-6-4-13(5-7-15)14-8-10-16(11-9-14)31(3,29)30/h4-11,17-18,26H,12H2,1-3H3,(H,27,28)/t17-,18?/m0/s1. The Kier molecular flexibility index (Phi) is 7.17. The van der Waals surface area contributed by atoms with E-state index in [0.29, 0.717) is 11.1 Å². The molecule has 2 rings (SSSR count). The third-order valence-corrected chi connectivity index (χ3v) is 5.67. The zero-order valence-electron chi connectivity index (χ0n) is 17.1. The third-order valence-electron chi connectivity index (χ3n) is 4.54. The normalized spacial score (nSPS) is 14.8. The fourth-order valence-corrected chi connectivity index (χ4v) is 3.68. The highest BCUT2D eigenvalue weighted by Gasteiger charge is 2.43. The molecule has 0 spiro atoms. The summed E-state index contributed by atoms with van der Waals surface area (Å²) < 4.78 is 77.9. The second-order valence-corrected chi connectivity index (χ2v) is 9.89. The Balaban J connectivity index is 2.32. The first kappa shape index (κ1) is 24.8. The Morgan fingerprint density at radius 1 is 0.968 bits per heavy atom. The molecule has 0 radical (unpaired) electrons. The lowest BCUT2D eigenvalue weighted by Gasteiger charge is -2.28. The van der Waals surface area contributed by atoms with Crippen LogP contribution in [0.2, 0.25) is 0 Å². The molecule has 0 saturated heterocycles. The molecular weight excluding hydrogens is 438 g/mol. The largest absolute Gasteiger partial charge is 0.480 e. The van der Waals surface area contributed by atoms with Crippen LogP contribution in [0.1, 0.15) is 31.9 Å². The number of halogens is 4. The Morgan fingerprint density at radius 3 is 1.77 bits per heavy atom. The van der Waals surface area contributed by atoms with E-state index in [-0.39, 0.29) is 10.5 Å². The van der Waals surface area contributed by atoms with Crippen molar-refractivity contribution in [3.05, 3.63) is 54.1 Å². The number of alkyl halides is 4. The van der Waals surface area contributed by atoms with Gasteiger partial charge in [-0.25, -0.2) is 12.8 Å². The van der Waals surface area contributed by atoms with Crippen LogP contribution in [0.15, 0.2) is 53.4 Å². The van der Waals surface area contributed by atoms with Gasteiger partial charge in [-0.2, -0.15) is 13.2 Å². The van der Waals surface area contributed by atoms with E-state index in [1.54, 1.807) is 0 Å². The Labute approximate surface area is 178 Å². The van der Waals surface area contributed by atoms with E-state index < -0.39 is 46.2 Å². The van der Waals surface area contributed by atoms with Crippen molar-refractivity contribution >= 4 is 15.8 Å². The summed E-state index contributed by atoms with van der Waals surface area (Å²) in [7, 11) is -3.38. The molecule has 0 amide bonds. The van der Waals surface area contributed by atoms with Gasteiger partial charge >= 0.3 is 12.1 Å². The molecular formula is C21H23F4NO4S. The van der Waals surface area contributed by atoms with E-state index in [9.17, 15) is 35.9 Å². The van der Waals surface area contributed by atoms with Crippen molar-refractivity contribution in [2.45, 2.75) is 49.1 Å². The highest BCUT2D eigenvalue weighted by atomic mass is 32.2. The van der Waals surface area contributed by atoms with Crippen LogP contribution in [0.5, 0.6) is 0 Å². The molecule has 0 aliphatic heterocycles. The van der Waals surface area contributed by atoms with Gasteiger partial charge in [-0.1, -0.05) is 36.4 Å². The summed E-state index contributed by atoms with van der Waals surface area (Å²) in [4.78, 5) is 11.5. The minimum absolute atomic E-state index is 0.115. The molecule has 5 nitrogen and oxygen atoms in total. The summed E-state index contributed by atoms with van der Waals surface area (Å²) in [5.41, 5.74) is -1.07. The van der Waals surface area contributed by atoms with E-state index in [4.69, 9.17) is 0 Å². The zero-order chi connectivity index (χ0) is 23.6. The first-order chi connectivity index (χ1) is 14.1. The number of nitrogens with one attached hydrogen (secondary N) is 1. The smallest absolute Gasteiger partial charge is 0.407 e. The van der Waals surface area contributed by atoms with Crippen LogP contribution < -0.4 is 5.32 Å². The number of carbonyl (C=O) groups is 1. The van der Waals surface area contributed by atoms with Crippen molar-refractivity contribution < 1.29 is 35.9 Å². The molecule has 2 N–H and O–H groups in total. The van der Waals surface area contributed by atoms with Gasteiger partial charge in [-0.05, 0) is 42.7 Å². The average molecular weight is 461 g/mol. The van der Waals surface area contributed by atoms with Crippen molar-refractivity contribution in [2.24, 2.45) is 0 Å². The SMILES string of the molecule is CC(C)(F)C[C@H](NC(c1ccc(-c2ccc(S(C)(=O)=O)cc2)cc1)C(F)(F)F)C(=O)O. The van der Waals surface area contributed by atoms with Gasteiger partial charge in [0, 0.05) is 12.7 Å². The summed E-state index contributed by atoms with van der Waals surface area (Å²) in [6, 6.07) is 7.05. The van der Waals surface area contributed by atoms with E-state index in [2.05, 4.69) is 0 Å². The summed E-state index contributed by atoms with van der Waals surface area (Å²) in [6.07, 6.45) is -4.39. The molecule has 10 heteroatoms. The topological polar surface area (TPSA) is 83.5 Å². The van der Waals surface area contributed by atoms with Gasteiger partial charge in [0.15, 0.2) is 9.84 Å². The lowest BCUT2D eigenvalue weighted by Crippen LogP contribution is -2.47. The fraction of sp³-hybridized carbons (Fsp3) is 0.381. The molecule has 0 aromatic heterocycles. The van der Waals surface area contributed by atoms with Crippen molar-refractivity contribution in [2.75, 3.05) is 6.26 Å².